The third-order valence-electron chi connectivity index (χ3n) is 3.51. The highest BCUT2D eigenvalue weighted by molar-refractivity contribution is 5.96. The molecular formula is C17H28N2O. The van der Waals surface area contributed by atoms with Crippen molar-refractivity contribution in [2.24, 2.45) is 5.73 Å². The minimum atomic E-state index is -0.0461. The van der Waals surface area contributed by atoms with Crippen molar-refractivity contribution in [2.75, 3.05) is 6.54 Å². The summed E-state index contributed by atoms with van der Waals surface area (Å²) in [7, 11) is 0. The van der Waals surface area contributed by atoms with E-state index in [9.17, 15) is 4.79 Å². The summed E-state index contributed by atoms with van der Waals surface area (Å²) in [5.41, 5.74) is 7.54. The largest absolute Gasteiger partial charge is 0.348 e. The molecule has 3 nitrogen and oxygen atoms in total. The highest BCUT2D eigenvalue weighted by atomic mass is 16.1. The highest BCUT2D eigenvalue weighted by Crippen LogP contribution is 2.25. The first kappa shape index (κ1) is 16.7. The van der Waals surface area contributed by atoms with Crippen molar-refractivity contribution in [3.63, 3.8) is 0 Å². The minimum Gasteiger partial charge on any atom is -0.348 e. The molecule has 3 N–H and O–H groups in total. The summed E-state index contributed by atoms with van der Waals surface area (Å²) >= 11 is 0. The van der Waals surface area contributed by atoms with Crippen molar-refractivity contribution in [3.8, 4) is 0 Å². The van der Waals surface area contributed by atoms with Crippen LogP contribution in [0.4, 0.5) is 0 Å². The van der Waals surface area contributed by atoms with Crippen molar-refractivity contribution < 1.29 is 4.79 Å². The van der Waals surface area contributed by atoms with E-state index in [1.165, 1.54) is 0 Å². The topological polar surface area (TPSA) is 55.1 Å². The molecule has 0 aliphatic carbocycles. The second-order valence-corrected chi connectivity index (χ2v) is 6.34. The molecule has 20 heavy (non-hydrogen) atoms. The summed E-state index contributed by atoms with van der Waals surface area (Å²) in [5.74, 6) is -0.0120. The van der Waals surface area contributed by atoms with E-state index >= 15 is 0 Å². The summed E-state index contributed by atoms with van der Waals surface area (Å²) in [6.07, 6.45) is 3.14. The molecule has 1 rings (SSSR count). The lowest BCUT2D eigenvalue weighted by molar-refractivity contribution is 0.0933. The van der Waals surface area contributed by atoms with Gasteiger partial charge in [-0.1, -0.05) is 58.7 Å². The molecular weight excluding hydrogens is 248 g/mol. The first-order valence-corrected chi connectivity index (χ1v) is 7.50. The van der Waals surface area contributed by atoms with Gasteiger partial charge in [0, 0.05) is 18.2 Å². The fourth-order valence-corrected chi connectivity index (χ4v) is 2.30. The summed E-state index contributed by atoms with van der Waals surface area (Å²) in [6.45, 7) is 9.00. The first-order chi connectivity index (χ1) is 9.40. The Balaban J connectivity index is 2.87. The van der Waals surface area contributed by atoms with Gasteiger partial charge < -0.3 is 11.1 Å². The predicted octanol–water partition coefficient (Wildman–Crippen LogP) is 3.23. The van der Waals surface area contributed by atoms with Crippen LogP contribution in [0.1, 0.15) is 62.9 Å². The van der Waals surface area contributed by atoms with Crippen LogP contribution in [-0.4, -0.2) is 18.5 Å². The van der Waals surface area contributed by atoms with Crippen LogP contribution in [0.15, 0.2) is 24.3 Å². The number of carbonyl (C=O) groups is 1. The van der Waals surface area contributed by atoms with Crippen LogP contribution < -0.4 is 11.1 Å². The molecule has 112 valence electrons. The third kappa shape index (κ3) is 4.64. The lowest BCUT2D eigenvalue weighted by atomic mass is 9.83. The minimum absolute atomic E-state index is 0.0120. The van der Waals surface area contributed by atoms with Gasteiger partial charge in [-0.05, 0) is 23.5 Å². The van der Waals surface area contributed by atoms with Gasteiger partial charge in [0.25, 0.3) is 5.91 Å². The number of hydrogen-bond acceptors (Lipinski definition) is 2. The second-order valence-electron chi connectivity index (χ2n) is 6.34. The van der Waals surface area contributed by atoms with E-state index < -0.39 is 0 Å². The first-order valence-electron chi connectivity index (χ1n) is 7.50. The maximum atomic E-state index is 12.5. The maximum absolute atomic E-state index is 12.5. The maximum Gasteiger partial charge on any atom is 0.251 e. The summed E-state index contributed by atoms with van der Waals surface area (Å²) in [5, 5.41) is 3.07. The van der Waals surface area contributed by atoms with E-state index in [0.717, 1.165) is 30.4 Å². The fraction of sp³-hybridized carbons (Fsp3) is 0.588. The molecule has 1 unspecified atom stereocenters. The molecule has 0 aliphatic rings. The Morgan fingerprint density at radius 2 is 1.95 bits per heavy atom. The van der Waals surface area contributed by atoms with E-state index in [1.54, 1.807) is 0 Å². The smallest absolute Gasteiger partial charge is 0.251 e. The molecule has 3 heteroatoms. The average Bonchev–Trinajstić information content (AvgIpc) is 2.42. The van der Waals surface area contributed by atoms with Crippen LogP contribution >= 0.6 is 0 Å². The Kier molecular flexibility index (Phi) is 6.21. The van der Waals surface area contributed by atoms with E-state index in [2.05, 4.69) is 33.0 Å². The normalized spacial score (nSPS) is 13.1. The van der Waals surface area contributed by atoms with Crippen LogP contribution in [0, 0.1) is 0 Å². The number of nitrogens with two attached hydrogens (primary N) is 1. The lowest BCUT2D eigenvalue weighted by Gasteiger charge is -2.24. The Hall–Kier alpha value is -1.35. The molecule has 0 spiro atoms. The molecule has 0 aliphatic heterocycles. The molecule has 1 amide bonds. The van der Waals surface area contributed by atoms with Gasteiger partial charge in [0.1, 0.15) is 0 Å². The molecule has 0 heterocycles. The number of carbonyl (C=O) groups excluding carboxylic acids is 1. The van der Waals surface area contributed by atoms with Crippen molar-refractivity contribution in [1.29, 1.82) is 0 Å². The lowest BCUT2D eigenvalue weighted by Crippen LogP contribution is -2.40. The quantitative estimate of drug-likeness (QED) is 0.838. The molecule has 1 aromatic carbocycles. The van der Waals surface area contributed by atoms with Gasteiger partial charge in [0.15, 0.2) is 0 Å². The van der Waals surface area contributed by atoms with Gasteiger partial charge >= 0.3 is 0 Å². The van der Waals surface area contributed by atoms with Gasteiger partial charge in [-0.15, -0.1) is 0 Å². The fourth-order valence-electron chi connectivity index (χ4n) is 2.30. The third-order valence-corrected chi connectivity index (χ3v) is 3.51. The molecule has 1 aromatic rings. The summed E-state index contributed by atoms with van der Waals surface area (Å²) in [4.78, 5) is 12.5. The zero-order valence-electron chi connectivity index (χ0n) is 13.2. The van der Waals surface area contributed by atoms with Crippen LogP contribution in [0.25, 0.3) is 0 Å². The van der Waals surface area contributed by atoms with E-state index in [-0.39, 0.29) is 17.4 Å². The van der Waals surface area contributed by atoms with Crippen molar-refractivity contribution in [3.05, 3.63) is 35.4 Å². The van der Waals surface area contributed by atoms with E-state index in [4.69, 9.17) is 5.73 Å². The molecule has 1 atom stereocenters. The van der Waals surface area contributed by atoms with Gasteiger partial charge in [-0.25, -0.2) is 0 Å². The Morgan fingerprint density at radius 3 is 2.50 bits per heavy atom. The molecule has 0 radical (unpaired) electrons. The molecule has 0 saturated carbocycles. The van der Waals surface area contributed by atoms with Crippen LogP contribution in [0.2, 0.25) is 0 Å². The van der Waals surface area contributed by atoms with Gasteiger partial charge in [-0.3, -0.25) is 4.79 Å². The number of unbranched alkanes of at least 4 members (excludes halogenated alkanes) is 1. The standard InChI is InChI=1S/C17H28N2O/c1-5-6-9-13(12-18)19-16(20)14-10-7-8-11-15(14)17(2,3)4/h7-8,10-11,13H,5-6,9,12,18H2,1-4H3,(H,19,20). The van der Waals surface area contributed by atoms with E-state index in [1.807, 2.05) is 24.3 Å². The van der Waals surface area contributed by atoms with Crippen molar-refractivity contribution >= 4 is 5.91 Å². The number of amides is 1. The molecule has 0 bridgehead atoms. The zero-order valence-corrected chi connectivity index (χ0v) is 13.2. The Morgan fingerprint density at radius 1 is 1.30 bits per heavy atom. The van der Waals surface area contributed by atoms with Crippen molar-refractivity contribution in [2.45, 2.75) is 58.4 Å². The summed E-state index contributed by atoms with van der Waals surface area (Å²) < 4.78 is 0. The number of benzene rings is 1. The van der Waals surface area contributed by atoms with Crippen LogP contribution in [0.3, 0.4) is 0 Å². The van der Waals surface area contributed by atoms with Crippen molar-refractivity contribution in [1.82, 2.24) is 5.32 Å². The molecule has 0 aromatic heterocycles. The zero-order chi connectivity index (χ0) is 15.2. The number of rotatable bonds is 6. The van der Waals surface area contributed by atoms with Gasteiger partial charge in [-0.2, -0.15) is 0 Å². The molecule has 0 fully saturated rings. The SMILES string of the molecule is CCCCC(CN)NC(=O)c1ccccc1C(C)(C)C. The highest BCUT2D eigenvalue weighted by Gasteiger charge is 2.22. The number of nitrogens with one attached hydrogen (secondary N) is 1. The average molecular weight is 276 g/mol. The van der Waals surface area contributed by atoms with Crippen LogP contribution in [0.5, 0.6) is 0 Å². The monoisotopic (exact) mass is 276 g/mol. The number of hydrogen-bond donors (Lipinski definition) is 2. The Labute approximate surface area is 122 Å². The predicted molar refractivity (Wildman–Crippen MR) is 85.0 cm³/mol. The Bertz CT molecular complexity index is 435. The van der Waals surface area contributed by atoms with Gasteiger partial charge in [0.2, 0.25) is 0 Å². The van der Waals surface area contributed by atoms with E-state index in [0.29, 0.717) is 6.54 Å². The summed E-state index contributed by atoms with van der Waals surface area (Å²) in [6, 6.07) is 7.88. The molecule has 0 saturated heterocycles. The van der Waals surface area contributed by atoms with Crippen LogP contribution in [-0.2, 0) is 5.41 Å². The van der Waals surface area contributed by atoms with Gasteiger partial charge in [0.05, 0.1) is 0 Å². The second kappa shape index (κ2) is 7.44.